The summed E-state index contributed by atoms with van der Waals surface area (Å²) in [5.41, 5.74) is 1.24. The zero-order chi connectivity index (χ0) is 18.2. The summed E-state index contributed by atoms with van der Waals surface area (Å²) < 4.78 is 16.1. The van der Waals surface area contributed by atoms with Crippen LogP contribution >= 0.6 is 24.0 Å². The Labute approximate surface area is 175 Å². The van der Waals surface area contributed by atoms with Gasteiger partial charge in [0.15, 0.2) is 5.96 Å². The number of hydrogen-bond acceptors (Lipinski definition) is 4. The average molecular weight is 479 g/mol. The minimum atomic E-state index is 0. The lowest BCUT2D eigenvalue weighted by atomic mass is 10.2. The minimum absolute atomic E-state index is 0. The number of nitrogens with one attached hydrogen (secondary N) is 2. The Bertz CT molecular complexity index is 470. The molecular weight excluding hydrogens is 445 g/mol. The molecule has 0 heterocycles. The summed E-state index contributed by atoms with van der Waals surface area (Å²) in [6.07, 6.45) is 1.81. The van der Waals surface area contributed by atoms with E-state index in [0.29, 0.717) is 19.8 Å². The van der Waals surface area contributed by atoms with E-state index in [2.05, 4.69) is 41.6 Å². The quantitative estimate of drug-likeness (QED) is 0.197. The van der Waals surface area contributed by atoms with Crippen molar-refractivity contribution in [1.29, 1.82) is 0 Å². The third-order valence-corrected chi connectivity index (χ3v) is 3.40. The third-order valence-electron chi connectivity index (χ3n) is 3.40. The van der Waals surface area contributed by atoms with Crippen LogP contribution in [0.3, 0.4) is 0 Å². The number of hydrogen-bond donors (Lipinski definition) is 2. The van der Waals surface area contributed by atoms with E-state index in [9.17, 15) is 0 Å². The average Bonchev–Trinajstić information content (AvgIpc) is 2.62. The summed E-state index contributed by atoms with van der Waals surface area (Å²) >= 11 is 0. The number of benzene rings is 1. The van der Waals surface area contributed by atoms with Gasteiger partial charge >= 0.3 is 0 Å². The van der Waals surface area contributed by atoms with Crippen molar-refractivity contribution in [1.82, 2.24) is 10.6 Å². The van der Waals surface area contributed by atoms with Crippen molar-refractivity contribution in [3.63, 3.8) is 0 Å². The number of ether oxygens (including phenoxy) is 3. The Morgan fingerprint density at radius 2 is 1.77 bits per heavy atom. The molecule has 0 saturated heterocycles. The van der Waals surface area contributed by atoms with Crippen LogP contribution in [0.25, 0.3) is 0 Å². The molecule has 2 N–H and O–H groups in total. The van der Waals surface area contributed by atoms with E-state index in [1.807, 2.05) is 12.1 Å². The van der Waals surface area contributed by atoms with Crippen molar-refractivity contribution in [2.24, 2.45) is 4.99 Å². The molecule has 7 heteroatoms. The zero-order valence-electron chi connectivity index (χ0n) is 16.3. The van der Waals surface area contributed by atoms with Crippen LogP contribution in [0.15, 0.2) is 29.3 Å². The highest BCUT2D eigenvalue weighted by Gasteiger charge is 1.97. The van der Waals surface area contributed by atoms with Gasteiger partial charge in [0.25, 0.3) is 0 Å². The van der Waals surface area contributed by atoms with Gasteiger partial charge in [-0.3, -0.25) is 4.99 Å². The molecule has 0 unspecified atom stereocenters. The Kier molecular flexibility index (Phi) is 16.7. The van der Waals surface area contributed by atoms with E-state index in [4.69, 9.17) is 14.2 Å². The Morgan fingerprint density at radius 1 is 1.00 bits per heavy atom. The predicted molar refractivity (Wildman–Crippen MR) is 118 cm³/mol. The molecule has 0 aliphatic carbocycles. The van der Waals surface area contributed by atoms with Crippen molar-refractivity contribution in [3.05, 3.63) is 29.8 Å². The number of aryl methyl sites for hydroxylation is 1. The molecule has 0 aliphatic rings. The molecular formula is C19H34IN3O3. The molecule has 0 aliphatic heterocycles. The standard InChI is InChI=1S/C19H33N3O3.HI/c1-4-20-19(21-11-5-13-24-16-15-23-3)22-12-6-14-25-18-9-7-17(2)8-10-18;/h7-10H,4-6,11-16H2,1-3H3,(H2,20,21,22);1H. The van der Waals surface area contributed by atoms with Crippen LogP contribution in [0.2, 0.25) is 0 Å². The van der Waals surface area contributed by atoms with Gasteiger partial charge in [0.05, 0.1) is 19.8 Å². The maximum Gasteiger partial charge on any atom is 0.191 e. The van der Waals surface area contributed by atoms with Gasteiger partial charge in [-0.1, -0.05) is 17.7 Å². The van der Waals surface area contributed by atoms with Crippen LogP contribution in [0.5, 0.6) is 5.75 Å². The molecule has 0 atom stereocenters. The smallest absolute Gasteiger partial charge is 0.191 e. The third kappa shape index (κ3) is 13.2. The van der Waals surface area contributed by atoms with Crippen LogP contribution in [0.1, 0.15) is 25.3 Å². The molecule has 26 heavy (non-hydrogen) atoms. The van der Waals surface area contributed by atoms with Gasteiger partial charge in [-0.2, -0.15) is 0 Å². The normalized spacial score (nSPS) is 11.0. The molecule has 0 amide bonds. The molecule has 0 bridgehead atoms. The van der Waals surface area contributed by atoms with E-state index in [-0.39, 0.29) is 24.0 Å². The molecule has 1 rings (SSSR count). The van der Waals surface area contributed by atoms with Crippen molar-refractivity contribution in [3.8, 4) is 5.75 Å². The Morgan fingerprint density at radius 3 is 2.46 bits per heavy atom. The van der Waals surface area contributed by atoms with Gasteiger partial charge in [0, 0.05) is 39.8 Å². The van der Waals surface area contributed by atoms with Crippen LogP contribution < -0.4 is 15.4 Å². The van der Waals surface area contributed by atoms with Crippen LogP contribution in [-0.4, -0.2) is 59.1 Å². The van der Waals surface area contributed by atoms with Crippen molar-refractivity contribution in [2.75, 3.05) is 53.2 Å². The van der Waals surface area contributed by atoms with Gasteiger partial charge in [-0.25, -0.2) is 0 Å². The minimum Gasteiger partial charge on any atom is -0.494 e. The predicted octanol–water partition coefficient (Wildman–Crippen LogP) is 2.99. The largest absolute Gasteiger partial charge is 0.494 e. The summed E-state index contributed by atoms with van der Waals surface area (Å²) in [4.78, 5) is 4.56. The molecule has 0 radical (unpaired) electrons. The highest BCUT2D eigenvalue weighted by Crippen LogP contribution is 2.11. The number of nitrogens with zero attached hydrogens (tertiary/aromatic N) is 1. The fraction of sp³-hybridized carbons (Fsp3) is 0.632. The summed E-state index contributed by atoms with van der Waals surface area (Å²) in [5.74, 6) is 1.75. The Hall–Kier alpha value is -1.06. The first-order valence-corrected chi connectivity index (χ1v) is 9.04. The van der Waals surface area contributed by atoms with E-state index in [1.165, 1.54) is 5.56 Å². The first-order valence-electron chi connectivity index (χ1n) is 9.04. The van der Waals surface area contributed by atoms with Crippen molar-refractivity contribution < 1.29 is 14.2 Å². The monoisotopic (exact) mass is 479 g/mol. The second-order valence-corrected chi connectivity index (χ2v) is 5.66. The molecule has 0 aromatic heterocycles. The number of rotatable bonds is 13. The summed E-state index contributed by atoms with van der Waals surface area (Å²) in [6.45, 7) is 9.21. The van der Waals surface area contributed by atoms with E-state index >= 15 is 0 Å². The maximum absolute atomic E-state index is 5.71. The molecule has 0 saturated carbocycles. The molecule has 0 fully saturated rings. The topological polar surface area (TPSA) is 64.1 Å². The zero-order valence-corrected chi connectivity index (χ0v) is 18.6. The number of guanidine groups is 1. The fourth-order valence-electron chi connectivity index (χ4n) is 2.05. The number of halogens is 1. The summed E-state index contributed by atoms with van der Waals surface area (Å²) in [6, 6.07) is 8.11. The lowest BCUT2D eigenvalue weighted by Crippen LogP contribution is -2.38. The van der Waals surface area contributed by atoms with Gasteiger partial charge in [0.2, 0.25) is 0 Å². The van der Waals surface area contributed by atoms with E-state index in [0.717, 1.165) is 50.8 Å². The summed E-state index contributed by atoms with van der Waals surface area (Å²) in [7, 11) is 1.68. The van der Waals surface area contributed by atoms with Gasteiger partial charge in [-0.15, -0.1) is 24.0 Å². The molecule has 6 nitrogen and oxygen atoms in total. The first-order chi connectivity index (χ1) is 12.3. The number of methoxy groups -OCH3 is 1. The van der Waals surface area contributed by atoms with E-state index < -0.39 is 0 Å². The molecule has 150 valence electrons. The van der Waals surface area contributed by atoms with Crippen LogP contribution in [0, 0.1) is 6.92 Å². The van der Waals surface area contributed by atoms with E-state index in [1.54, 1.807) is 7.11 Å². The van der Waals surface area contributed by atoms with Crippen LogP contribution in [0.4, 0.5) is 0 Å². The van der Waals surface area contributed by atoms with Gasteiger partial charge in [0.1, 0.15) is 5.75 Å². The lowest BCUT2D eigenvalue weighted by molar-refractivity contribution is 0.0698. The molecule has 1 aromatic rings. The maximum atomic E-state index is 5.71. The second-order valence-electron chi connectivity index (χ2n) is 5.66. The second kappa shape index (κ2) is 17.4. The van der Waals surface area contributed by atoms with Crippen molar-refractivity contribution >= 4 is 29.9 Å². The van der Waals surface area contributed by atoms with Gasteiger partial charge < -0.3 is 24.8 Å². The summed E-state index contributed by atoms with van der Waals surface area (Å²) in [5, 5.41) is 6.56. The highest BCUT2D eigenvalue weighted by atomic mass is 127. The molecule has 1 aromatic carbocycles. The van der Waals surface area contributed by atoms with Gasteiger partial charge in [-0.05, 0) is 32.4 Å². The first kappa shape index (κ1) is 24.9. The highest BCUT2D eigenvalue weighted by molar-refractivity contribution is 14.0. The Balaban J connectivity index is 0.00000625. The fourth-order valence-corrected chi connectivity index (χ4v) is 2.05. The molecule has 0 spiro atoms. The lowest BCUT2D eigenvalue weighted by Gasteiger charge is -2.11. The van der Waals surface area contributed by atoms with Crippen LogP contribution in [-0.2, 0) is 9.47 Å². The number of aliphatic imine (C=N–C) groups is 1. The SMILES string of the molecule is CCNC(=NCCCOc1ccc(C)cc1)NCCCOCCOC.I. The van der Waals surface area contributed by atoms with Crippen molar-refractivity contribution in [2.45, 2.75) is 26.7 Å².